The molecular formula is C24H22IN5O2. The molecule has 1 aliphatic rings. The molecule has 0 saturated carbocycles. The van der Waals surface area contributed by atoms with Gasteiger partial charge in [0.1, 0.15) is 0 Å². The van der Waals surface area contributed by atoms with E-state index in [-0.39, 0.29) is 17.8 Å². The number of urea groups is 1. The summed E-state index contributed by atoms with van der Waals surface area (Å²) in [6.45, 7) is 0.498. The topological polar surface area (TPSA) is 97.0 Å². The lowest BCUT2D eigenvalue weighted by atomic mass is 9.91. The number of piperidine rings is 1. The largest absolute Gasteiger partial charge is 0.351 e. The smallest absolute Gasteiger partial charge is 0.326 e. The minimum atomic E-state index is -0.433. The highest BCUT2D eigenvalue weighted by atomic mass is 127. The van der Waals surface area contributed by atoms with Gasteiger partial charge in [0.15, 0.2) is 0 Å². The Balaban J connectivity index is 1.57. The number of aromatic amines is 1. The molecule has 2 amide bonds. The average molecular weight is 539 g/mol. The van der Waals surface area contributed by atoms with Crippen LogP contribution in [0.1, 0.15) is 30.5 Å². The predicted octanol–water partition coefficient (Wildman–Crippen LogP) is 4.45. The lowest BCUT2D eigenvalue weighted by Gasteiger charge is -2.39. The molecule has 4 aromatic rings. The number of carbonyl (C=O) groups is 1. The molecule has 3 heterocycles. The number of likely N-dealkylation sites (tertiary alicyclic amines) is 1. The van der Waals surface area contributed by atoms with Crippen LogP contribution in [0.3, 0.4) is 0 Å². The number of fused-ring (bicyclic) bond motifs is 1. The highest BCUT2D eigenvalue weighted by Crippen LogP contribution is 2.38. The number of benzene rings is 2. The molecule has 2 aromatic carbocycles. The van der Waals surface area contributed by atoms with E-state index < -0.39 is 6.03 Å². The highest BCUT2D eigenvalue weighted by Gasteiger charge is 2.34. The maximum Gasteiger partial charge on any atom is 0.326 e. The Bertz CT molecular complexity index is 1330. The third-order valence-corrected chi connectivity index (χ3v) is 6.92. The van der Waals surface area contributed by atoms with Crippen molar-refractivity contribution in [3.05, 3.63) is 86.6 Å². The molecule has 0 radical (unpaired) electrons. The van der Waals surface area contributed by atoms with Crippen LogP contribution in [0.25, 0.3) is 22.2 Å². The summed E-state index contributed by atoms with van der Waals surface area (Å²) in [6, 6.07) is 17.2. The number of carbonyl (C=O) groups excluding carboxylic acids is 1. The normalized spacial score (nSPS) is 18.7. The minimum absolute atomic E-state index is 0.0553. The van der Waals surface area contributed by atoms with Crippen molar-refractivity contribution in [1.82, 2.24) is 19.4 Å². The first-order valence-electron chi connectivity index (χ1n) is 10.5. The number of nitrogens with two attached hydrogens (primary N) is 1. The number of hydrogen-bond acceptors (Lipinski definition) is 3. The van der Waals surface area contributed by atoms with Crippen LogP contribution in [0.4, 0.5) is 4.79 Å². The van der Waals surface area contributed by atoms with E-state index in [2.05, 4.69) is 32.6 Å². The number of hydrogen-bond donors (Lipinski definition) is 2. The zero-order valence-electron chi connectivity index (χ0n) is 17.2. The van der Waals surface area contributed by atoms with E-state index in [1.165, 1.54) is 0 Å². The molecule has 2 aromatic heterocycles. The fourth-order valence-corrected chi connectivity index (χ4v) is 5.08. The van der Waals surface area contributed by atoms with Gasteiger partial charge in [-0.1, -0.05) is 30.3 Å². The van der Waals surface area contributed by atoms with Crippen LogP contribution in [-0.2, 0) is 0 Å². The van der Waals surface area contributed by atoms with E-state index in [0.717, 1.165) is 31.3 Å². The molecule has 0 bridgehead atoms. The van der Waals surface area contributed by atoms with Gasteiger partial charge < -0.3 is 15.6 Å². The highest BCUT2D eigenvalue weighted by molar-refractivity contribution is 14.1. The van der Waals surface area contributed by atoms with E-state index >= 15 is 0 Å². The van der Waals surface area contributed by atoms with Crippen molar-refractivity contribution in [2.24, 2.45) is 5.73 Å². The van der Waals surface area contributed by atoms with Crippen molar-refractivity contribution in [3.63, 3.8) is 0 Å². The maximum atomic E-state index is 13.1. The van der Waals surface area contributed by atoms with E-state index in [4.69, 9.17) is 5.73 Å². The van der Waals surface area contributed by atoms with Crippen LogP contribution >= 0.6 is 22.6 Å². The minimum Gasteiger partial charge on any atom is -0.351 e. The monoisotopic (exact) mass is 539 g/mol. The fraction of sp³-hybridized carbons (Fsp3) is 0.208. The predicted molar refractivity (Wildman–Crippen MR) is 132 cm³/mol. The molecule has 2 unspecified atom stereocenters. The number of imidazole rings is 1. The molecule has 1 fully saturated rings. The molecular weight excluding hydrogens is 517 g/mol. The third-order valence-electron chi connectivity index (χ3n) is 6.20. The van der Waals surface area contributed by atoms with Crippen LogP contribution in [0.5, 0.6) is 0 Å². The number of aromatic nitrogens is 3. The van der Waals surface area contributed by atoms with Crippen molar-refractivity contribution in [2.75, 3.05) is 6.54 Å². The van der Waals surface area contributed by atoms with E-state index in [9.17, 15) is 9.59 Å². The van der Waals surface area contributed by atoms with Gasteiger partial charge in [-0.3, -0.25) is 9.55 Å². The van der Waals surface area contributed by atoms with Crippen LogP contribution in [0.15, 0.2) is 71.8 Å². The second-order valence-corrected chi connectivity index (χ2v) is 9.26. The number of primary amides is 1. The lowest BCUT2D eigenvalue weighted by molar-refractivity contribution is 0.136. The van der Waals surface area contributed by atoms with Crippen molar-refractivity contribution >= 4 is 39.7 Å². The van der Waals surface area contributed by atoms with Gasteiger partial charge in [-0.15, -0.1) is 0 Å². The zero-order valence-corrected chi connectivity index (χ0v) is 19.4. The van der Waals surface area contributed by atoms with Gasteiger partial charge in [-0.05, 0) is 65.3 Å². The Kier molecular flexibility index (Phi) is 5.46. The molecule has 162 valence electrons. The molecule has 1 saturated heterocycles. The number of pyridine rings is 1. The van der Waals surface area contributed by atoms with Gasteiger partial charge in [0.05, 0.1) is 17.1 Å². The van der Waals surface area contributed by atoms with Gasteiger partial charge >= 0.3 is 11.7 Å². The number of rotatable bonds is 3. The summed E-state index contributed by atoms with van der Waals surface area (Å²) in [5.41, 5.74) is 10.1. The van der Waals surface area contributed by atoms with Crippen molar-refractivity contribution < 1.29 is 4.79 Å². The molecule has 1 aliphatic heterocycles. The van der Waals surface area contributed by atoms with Crippen molar-refractivity contribution in [2.45, 2.75) is 24.9 Å². The Morgan fingerprint density at radius 1 is 1.12 bits per heavy atom. The number of nitrogens with zero attached hydrogens (tertiary/aromatic N) is 3. The number of H-pyrrole nitrogens is 1. The number of halogens is 1. The van der Waals surface area contributed by atoms with Gasteiger partial charge in [-0.2, -0.15) is 0 Å². The van der Waals surface area contributed by atoms with Crippen molar-refractivity contribution in [3.8, 4) is 11.1 Å². The summed E-state index contributed by atoms with van der Waals surface area (Å²) in [5, 5.41) is 0. The summed E-state index contributed by atoms with van der Waals surface area (Å²) in [5.74, 6) is 0. The third kappa shape index (κ3) is 3.68. The molecule has 3 N–H and O–H groups in total. The number of para-hydroxylation sites is 1. The summed E-state index contributed by atoms with van der Waals surface area (Å²) < 4.78 is 2.97. The van der Waals surface area contributed by atoms with Crippen LogP contribution < -0.4 is 11.4 Å². The first kappa shape index (κ1) is 20.7. The first-order valence-corrected chi connectivity index (χ1v) is 11.6. The zero-order chi connectivity index (χ0) is 22.2. The van der Waals surface area contributed by atoms with Crippen molar-refractivity contribution in [1.29, 1.82) is 0 Å². The maximum absolute atomic E-state index is 13.1. The van der Waals surface area contributed by atoms with Gasteiger partial charge in [0.25, 0.3) is 0 Å². The van der Waals surface area contributed by atoms with E-state index in [1.54, 1.807) is 17.3 Å². The summed E-state index contributed by atoms with van der Waals surface area (Å²) in [4.78, 5) is 34.2. The van der Waals surface area contributed by atoms with Crippen LogP contribution in [0, 0.1) is 3.57 Å². The summed E-state index contributed by atoms with van der Waals surface area (Å²) >= 11 is 2.26. The summed E-state index contributed by atoms with van der Waals surface area (Å²) in [7, 11) is 0. The molecule has 0 aliphatic carbocycles. The number of nitrogens with one attached hydrogen (secondary N) is 1. The van der Waals surface area contributed by atoms with Gasteiger partial charge in [0.2, 0.25) is 0 Å². The second kappa shape index (κ2) is 8.42. The Morgan fingerprint density at radius 3 is 2.66 bits per heavy atom. The molecule has 0 spiro atoms. The Hall–Kier alpha value is -3.14. The molecule has 2 atom stereocenters. The van der Waals surface area contributed by atoms with Crippen LogP contribution in [0.2, 0.25) is 0 Å². The molecule has 7 nitrogen and oxygen atoms in total. The Morgan fingerprint density at radius 2 is 1.94 bits per heavy atom. The quantitative estimate of drug-likeness (QED) is 0.377. The van der Waals surface area contributed by atoms with E-state index in [1.807, 2.05) is 59.2 Å². The van der Waals surface area contributed by atoms with Gasteiger partial charge in [0, 0.05) is 39.7 Å². The van der Waals surface area contributed by atoms with E-state index in [0.29, 0.717) is 19.4 Å². The lowest BCUT2D eigenvalue weighted by Crippen LogP contribution is -2.45. The SMILES string of the molecule is NC(=O)N1CCC(n2c(=O)[nH]c3c(-c4cccnc4)cccc32)CC1c1ccc(I)cc1. The molecule has 32 heavy (non-hydrogen) atoms. The van der Waals surface area contributed by atoms with Crippen LogP contribution in [-0.4, -0.2) is 32.0 Å². The number of amides is 2. The summed E-state index contributed by atoms with van der Waals surface area (Å²) in [6.07, 6.45) is 4.80. The standard InChI is InChI=1S/C24H22IN5O2/c25-17-8-6-15(7-9-17)21-13-18(10-12-29(21)23(26)31)30-20-5-1-4-19(22(20)28-24(30)32)16-3-2-11-27-14-16/h1-9,11,14,18,21H,10,12-13H2,(H2,26,31)(H,28,32). The second-order valence-electron chi connectivity index (χ2n) is 8.02. The Labute approximate surface area is 198 Å². The molecule has 5 rings (SSSR count). The van der Waals surface area contributed by atoms with Gasteiger partial charge in [-0.25, -0.2) is 9.59 Å². The fourth-order valence-electron chi connectivity index (χ4n) is 4.72. The first-order chi connectivity index (χ1) is 15.5. The average Bonchev–Trinajstić information content (AvgIpc) is 3.15. The molecule has 8 heteroatoms.